The first-order valence-corrected chi connectivity index (χ1v) is 15.5. The van der Waals surface area contributed by atoms with Gasteiger partial charge in [0.1, 0.15) is 0 Å². The molecular formula is C33H51NO4. The molecule has 1 spiro atoms. The zero-order chi connectivity index (χ0) is 27.4. The molecule has 38 heavy (non-hydrogen) atoms. The van der Waals surface area contributed by atoms with Crippen molar-refractivity contribution in [3.63, 3.8) is 0 Å². The maximum absolute atomic E-state index is 11.4. The third-order valence-electron chi connectivity index (χ3n) is 14.1. The summed E-state index contributed by atoms with van der Waals surface area (Å²) in [6.45, 7) is 19.0. The Kier molecular flexibility index (Phi) is 5.81. The van der Waals surface area contributed by atoms with Gasteiger partial charge in [0.25, 0.3) is 0 Å². The third-order valence-corrected chi connectivity index (χ3v) is 14.1. The monoisotopic (exact) mass is 525 g/mol. The first-order chi connectivity index (χ1) is 17.7. The highest BCUT2D eigenvalue weighted by atomic mass is 16.7. The lowest BCUT2D eigenvalue weighted by Gasteiger charge is -2.72. The summed E-state index contributed by atoms with van der Waals surface area (Å²) in [6, 6.07) is 0. The van der Waals surface area contributed by atoms with E-state index >= 15 is 0 Å². The smallest absolute Gasteiger partial charge is 0.231 e. The van der Waals surface area contributed by atoms with Gasteiger partial charge in [0.2, 0.25) is 6.20 Å². The summed E-state index contributed by atoms with van der Waals surface area (Å²) in [6.07, 6.45) is 17.3. The van der Waals surface area contributed by atoms with E-state index in [1.807, 2.05) is 6.08 Å². The Morgan fingerprint density at radius 2 is 1.58 bits per heavy atom. The number of ether oxygens (including phenoxy) is 2. The average Bonchev–Trinajstić information content (AvgIpc) is 3.32. The van der Waals surface area contributed by atoms with E-state index < -0.39 is 5.79 Å². The Morgan fingerprint density at radius 3 is 2.26 bits per heavy atom. The molecular weight excluding hydrogens is 474 g/mol. The Bertz CT molecular complexity index is 1070. The molecule has 6 aliphatic rings. The predicted molar refractivity (Wildman–Crippen MR) is 150 cm³/mol. The molecule has 0 radical (unpaired) electrons. The highest BCUT2D eigenvalue weighted by Gasteiger charge is 2.71. The molecule has 0 bridgehead atoms. The second kappa shape index (κ2) is 8.18. The van der Waals surface area contributed by atoms with Crippen LogP contribution in [0.1, 0.15) is 113 Å². The summed E-state index contributed by atoms with van der Waals surface area (Å²) in [4.78, 5) is 11.2. The molecule has 5 nitrogen and oxygen atoms in total. The molecule has 0 unspecified atom stereocenters. The van der Waals surface area contributed by atoms with Gasteiger partial charge < -0.3 is 9.47 Å². The summed E-state index contributed by atoms with van der Waals surface area (Å²) < 4.78 is 12.8. The normalized spacial score (nSPS) is 48.5. The van der Waals surface area contributed by atoms with Crippen LogP contribution in [0.4, 0.5) is 0 Å². The molecule has 6 rings (SSSR count). The van der Waals surface area contributed by atoms with Gasteiger partial charge in [-0.05, 0) is 103 Å². The van der Waals surface area contributed by atoms with Gasteiger partial charge >= 0.3 is 0 Å². The van der Waals surface area contributed by atoms with Crippen LogP contribution in [0.5, 0.6) is 0 Å². The second-order valence-electron chi connectivity index (χ2n) is 16.2. The highest BCUT2D eigenvalue weighted by Crippen LogP contribution is 2.76. The van der Waals surface area contributed by atoms with Gasteiger partial charge in [-0.2, -0.15) is 0 Å². The number of rotatable bonds is 2. The highest BCUT2D eigenvalue weighted by molar-refractivity contribution is 5.35. The van der Waals surface area contributed by atoms with E-state index in [2.05, 4.69) is 54.5 Å². The lowest BCUT2D eigenvalue weighted by atomic mass is 9.33. The fourth-order valence-corrected chi connectivity index (χ4v) is 11.7. The van der Waals surface area contributed by atoms with E-state index in [4.69, 9.17) is 9.47 Å². The lowest BCUT2D eigenvalue weighted by molar-refractivity contribution is -0.403. The van der Waals surface area contributed by atoms with Gasteiger partial charge in [-0.25, -0.2) is 0 Å². The predicted octanol–water partition coefficient (Wildman–Crippen LogP) is 8.32. The SMILES string of the molecule is CC1(C)CC[C@]2(/C=C/[N+](=O)[O-])CC[C@]3(C)C(=CC[C@@H]4[C@@]5(C)CCC6(OCCO6)C(C)(C)[C@@H]5CC[C@]43C)[C@@H]2C1. The van der Waals surface area contributed by atoms with Gasteiger partial charge in [0.15, 0.2) is 5.79 Å². The minimum atomic E-state index is -0.411. The first kappa shape index (κ1) is 27.0. The van der Waals surface area contributed by atoms with Crippen LogP contribution in [-0.2, 0) is 9.47 Å². The molecule has 7 atom stereocenters. The molecule has 1 heterocycles. The third kappa shape index (κ3) is 3.36. The van der Waals surface area contributed by atoms with Crippen molar-refractivity contribution in [3.05, 3.63) is 34.0 Å². The zero-order valence-electron chi connectivity index (χ0n) is 25.0. The maximum Gasteiger partial charge on any atom is 0.231 e. The summed E-state index contributed by atoms with van der Waals surface area (Å²) in [5.74, 6) is 1.22. The van der Waals surface area contributed by atoms with E-state index in [0.29, 0.717) is 17.8 Å². The molecule has 5 heteroatoms. The minimum Gasteiger partial charge on any atom is -0.347 e. The topological polar surface area (TPSA) is 61.6 Å². The molecule has 0 aromatic carbocycles. The Hall–Kier alpha value is -1.20. The van der Waals surface area contributed by atoms with Gasteiger partial charge in [-0.3, -0.25) is 10.1 Å². The van der Waals surface area contributed by atoms with Crippen molar-refractivity contribution >= 4 is 0 Å². The van der Waals surface area contributed by atoms with E-state index in [9.17, 15) is 10.1 Å². The molecule has 1 aliphatic heterocycles. The number of nitrogens with zero attached hydrogens (tertiary/aromatic N) is 1. The Morgan fingerprint density at radius 1 is 0.895 bits per heavy atom. The van der Waals surface area contributed by atoms with Crippen molar-refractivity contribution in [2.45, 2.75) is 118 Å². The van der Waals surface area contributed by atoms with Crippen molar-refractivity contribution in [2.24, 2.45) is 50.2 Å². The number of hydrogen-bond acceptors (Lipinski definition) is 4. The molecule has 4 saturated carbocycles. The van der Waals surface area contributed by atoms with Crippen molar-refractivity contribution in [1.82, 2.24) is 0 Å². The number of hydrogen-bond donors (Lipinski definition) is 0. The minimum absolute atomic E-state index is 0.00876. The molecule has 5 fully saturated rings. The van der Waals surface area contributed by atoms with Gasteiger partial charge in [-0.1, -0.05) is 60.1 Å². The summed E-state index contributed by atoms with van der Waals surface area (Å²) >= 11 is 0. The van der Waals surface area contributed by atoms with E-state index in [-0.39, 0.29) is 37.4 Å². The molecule has 0 amide bonds. The fraction of sp³-hybridized carbons (Fsp3) is 0.879. The van der Waals surface area contributed by atoms with Crippen molar-refractivity contribution < 1.29 is 14.4 Å². The van der Waals surface area contributed by atoms with Gasteiger partial charge in [0, 0.05) is 17.3 Å². The standard InChI is InChI=1S/C33H51NO4/c1-27(2)12-15-32(18-19-34(35)36)16-14-30(6)23(24(32)22-27)8-9-26-29(5)13-17-33(37-20-21-38-33)28(3,4)25(29)10-11-31(26,30)7/h8,18-19,24-26H,9-17,20-22H2,1-7H3/b19-18+/t24-,25-,26+,29-,30+,31+,32+/m0/s1. The van der Waals surface area contributed by atoms with Crippen LogP contribution in [0.2, 0.25) is 0 Å². The van der Waals surface area contributed by atoms with E-state index in [1.54, 1.807) is 5.57 Å². The number of fused-ring (bicyclic) bond motifs is 7. The molecule has 0 N–H and O–H groups in total. The molecule has 1 saturated heterocycles. The summed E-state index contributed by atoms with van der Waals surface area (Å²) in [5, 5.41) is 11.4. The largest absolute Gasteiger partial charge is 0.347 e. The van der Waals surface area contributed by atoms with Crippen LogP contribution >= 0.6 is 0 Å². The van der Waals surface area contributed by atoms with Crippen LogP contribution in [0.25, 0.3) is 0 Å². The van der Waals surface area contributed by atoms with Gasteiger partial charge in [0.05, 0.1) is 18.1 Å². The van der Waals surface area contributed by atoms with Crippen molar-refractivity contribution in [3.8, 4) is 0 Å². The van der Waals surface area contributed by atoms with Crippen LogP contribution in [0.15, 0.2) is 23.9 Å². The lowest BCUT2D eigenvalue weighted by Crippen LogP contribution is -2.67. The van der Waals surface area contributed by atoms with Gasteiger partial charge in [-0.15, -0.1) is 0 Å². The zero-order valence-corrected chi connectivity index (χ0v) is 25.0. The van der Waals surface area contributed by atoms with Crippen molar-refractivity contribution in [2.75, 3.05) is 13.2 Å². The van der Waals surface area contributed by atoms with Crippen LogP contribution in [-0.4, -0.2) is 23.9 Å². The maximum atomic E-state index is 11.4. The Balaban J connectivity index is 1.40. The fourth-order valence-electron chi connectivity index (χ4n) is 11.7. The Labute approximate surface area is 230 Å². The second-order valence-corrected chi connectivity index (χ2v) is 16.2. The van der Waals surface area contributed by atoms with E-state index in [0.717, 1.165) is 58.2 Å². The molecule has 212 valence electrons. The van der Waals surface area contributed by atoms with Crippen LogP contribution < -0.4 is 0 Å². The summed E-state index contributed by atoms with van der Waals surface area (Å²) in [5.41, 5.74) is 2.50. The molecule has 0 aromatic rings. The quantitative estimate of drug-likeness (QED) is 0.207. The number of allylic oxidation sites excluding steroid dienone is 3. The summed E-state index contributed by atoms with van der Waals surface area (Å²) in [7, 11) is 0. The van der Waals surface area contributed by atoms with Crippen molar-refractivity contribution in [1.29, 1.82) is 0 Å². The van der Waals surface area contributed by atoms with Crippen LogP contribution in [0, 0.1) is 60.4 Å². The van der Waals surface area contributed by atoms with E-state index in [1.165, 1.54) is 25.5 Å². The first-order valence-electron chi connectivity index (χ1n) is 15.5. The average molecular weight is 526 g/mol. The number of nitro groups is 1. The van der Waals surface area contributed by atoms with Crippen LogP contribution in [0.3, 0.4) is 0 Å². The molecule has 5 aliphatic carbocycles. The molecule has 0 aromatic heterocycles.